The molecule has 102 valence electrons. The molecule has 1 aromatic carbocycles. The van der Waals surface area contributed by atoms with Crippen molar-refractivity contribution in [1.82, 2.24) is 5.32 Å². The third-order valence-electron chi connectivity index (χ3n) is 2.97. The summed E-state index contributed by atoms with van der Waals surface area (Å²) in [5.41, 5.74) is 0.865. The zero-order chi connectivity index (χ0) is 13.8. The molecule has 0 bridgehead atoms. The third-order valence-corrected chi connectivity index (χ3v) is 2.97. The van der Waals surface area contributed by atoms with E-state index < -0.39 is 0 Å². The Kier molecular flexibility index (Phi) is 3.65. The van der Waals surface area contributed by atoms with Gasteiger partial charge in [-0.05, 0) is 48.5 Å². The topological polar surface area (TPSA) is 38.3 Å². The van der Waals surface area contributed by atoms with Gasteiger partial charge in [-0.3, -0.25) is 0 Å². The summed E-state index contributed by atoms with van der Waals surface area (Å²) in [6.07, 6.45) is 1.65. The molecule has 0 saturated carbocycles. The van der Waals surface area contributed by atoms with E-state index in [1.807, 2.05) is 24.3 Å². The van der Waals surface area contributed by atoms with Crippen molar-refractivity contribution in [2.45, 2.75) is 13.1 Å². The van der Waals surface area contributed by atoms with Crippen LogP contribution in [0, 0.1) is 5.82 Å². The standard InChI is InChI=1S/C16H14FNO2/c17-13-5-3-12(4-6-13)16-8-7-15(20-16)11-18-10-14-2-1-9-19-14/h1-9,18H,10-11H2. The van der Waals surface area contributed by atoms with Crippen LogP contribution < -0.4 is 5.32 Å². The molecule has 3 rings (SSSR count). The van der Waals surface area contributed by atoms with E-state index in [9.17, 15) is 4.39 Å². The van der Waals surface area contributed by atoms with E-state index in [0.29, 0.717) is 13.1 Å². The first-order chi connectivity index (χ1) is 9.81. The van der Waals surface area contributed by atoms with Gasteiger partial charge in [-0.2, -0.15) is 0 Å². The Bertz CT molecular complexity index is 656. The predicted octanol–water partition coefficient (Wildman–Crippen LogP) is 3.97. The van der Waals surface area contributed by atoms with Gasteiger partial charge in [0.2, 0.25) is 0 Å². The molecule has 3 nitrogen and oxygen atoms in total. The first kappa shape index (κ1) is 12.7. The summed E-state index contributed by atoms with van der Waals surface area (Å²) < 4.78 is 23.8. The van der Waals surface area contributed by atoms with E-state index in [-0.39, 0.29) is 5.82 Å². The van der Waals surface area contributed by atoms with Crippen LogP contribution in [-0.4, -0.2) is 0 Å². The molecule has 0 spiro atoms. The highest BCUT2D eigenvalue weighted by atomic mass is 19.1. The fourth-order valence-corrected chi connectivity index (χ4v) is 1.96. The van der Waals surface area contributed by atoms with Gasteiger partial charge in [-0.15, -0.1) is 0 Å². The molecular formula is C16H14FNO2. The minimum atomic E-state index is -0.249. The molecule has 2 heterocycles. The van der Waals surface area contributed by atoms with E-state index in [0.717, 1.165) is 22.8 Å². The third kappa shape index (κ3) is 2.97. The van der Waals surface area contributed by atoms with Crippen molar-refractivity contribution < 1.29 is 13.2 Å². The molecule has 0 amide bonds. The Hall–Kier alpha value is -2.33. The van der Waals surface area contributed by atoms with Gasteiger partial charge in [-0.1, -0.05) is 0 Å². The molecule has 0 unspecified atom stereocenters. The highest BCUT2D eigenvalue weighted by Gasteiger charge is 2.05. The van der Waals surface area contributed by atoms with Gasteiger partial charge in [0, 0.05) is 5.56 Å². The Morgan fingerprint density at radius 3 is 2.45 bits per heavy atom. The number of rotatable bonds is 5. The molecular weight excluding hydrogens is 257 g/mol. The Labute approximate surface area is 116 Å². The zero-order valence-electron chi connectivity index (χ0n) is 10.8. The number of nitrogens with one attached hydrogen (secondary N) is 1. The molecule has 3 aromatic rings. The van der Waals surface area contributed by atoms with Crippen LogP contribution in [0.15, 0.2) is 63.6 Å². The monoisotopic (exact) mass is 271 g/mol. The van der Waals surface area contributed by atoms with Crippen molar-refractivity contribution in [2.75, 3.05) is 0 Å². The molecule has 0 aliphatic carbocycles. The van der Waals surface area contributed by atoms with Gasteiger partial charge in [0.15, 0.2) is 0 Å². The predicted molar refractivity (Wildman–Crippen MR) is 73.4 cm³/mol. The lowest BCUT2D eigenvalue weighted by Crippen LogP contribution is -2.11. The molecule has 0 aliphatic rings. The first-order valence-electron chi connectivity index (χ1n) is 6.39. The van der Waals surface area contributed by atoms with Crippen molar-refractivity contribution in [3.8, 4) is 11.3 Å². The van der Waals surface area contributed by atoms with Gasteiger partial charge in [-0.25, -0.2) is 4.39 Å². The molecule has 0 atom stereocenters. The van der Waals surface area contributed by atoms with E-state index in [1.54, 1.807) is 18.4 Å². The van der Waals surface area contributed by atoms with Gasteiger partial charge in [0.1, 0.15) is 23.1 Å². The number of benzene rings is 1. The summed E-state index contributed by atoms with van der Waals surface area (Å²) in [5.74, 6) is 2.20. The molecule has 0 saturated heterocycles. The second kappa shape index (κ2) is 5.75. The van der Waals surface area contributed by atoms with Crippen molar-refractivity contribution in [3.05, 3.63) is 72.1 Å². The molecule has 20 heavy (non-hydrogen) atoms. The fraction of sp³-hybridized carbons (Fsp3) is 0.125. The van der Waals surface area contributed by atoms with E-state index in [1.165, 1.54) is 12.1 Å². The quantitative estimate of drug-likeness (QED) is 0.763. The maximum absolute atomic E-state index is 12.9. The molecule has 1 N–H and O–H groups in total. The van der Waals surface area contributed by atoms with Gasteiger partial charge in [0.05, 0.1) is 19.4 Å². The smallest absolute Gasteiger partial charge is 0.134 e. The highest BCUT2D eigenvalue weighted by molar-refractivity contribution is 5.57. The normalized spacial score (nSPS) is 10.8. The van der Waals surface area contributed by atoms with E-state index in [2.05, 4.69) is 5.32 Å². The van der Waals surface area contributed by atoms with Crippen LogP contribution in [0.25, 0.3) is 11.3 Å². The average Bonchev–Trinajstić information content (AvgIpc) is 3.11. The van der Waals surface area contributed by atoms with E-state index in [4.69, 9.17) is 8.83 Å². The zero-order valence-corrected chi connectivity index (χ0v) is 10.8. The number of hydrogen-bond acceptors (Lipinski definition) is 3. The number of halogens is 1. The highest BCUT2D eigenvalue weighted by Crippen LogP contribution is 2.22. The van der Waals surface area contributed by atoms with Gasteiger partial charge < -0.3 is 14.2 Å². The summed E-state index contributed by atoms with van der Waals surface area (Å²) in [5, 5.41) is 3.23. The molecule has 0 radical (unpaired) electrons. The van der Waals surface area contributed by atoms with Crippen molar-refractivity contribution in [1.29, 1.82) is 0 Å². The lowest BCUT2D eigenvalue weighted by atomic mass is 10.2. The number of hydrogen-bond donors (Lipinski definition) is 1. The maximum atomic E-state index is 12.9. The van der Waals surface area contributed by atoms with Crippen molar-refractivity contribution in [2.24, 2.45) is 0 Å². The summed E-state index contributed by atoms with van der Waals surface area (Å²) in [6.45, 7) is 1.27. The van der Waals surface area contributed by atoms with Crippen LogP contribution in [0.1, 0.15) is 11.5 Å². The summed E-state index contributed by atoms with van der Waals surface area (Å²) in [6, 6.07) is 13.8. The second-order valence-corrected chi connectivity index (χ2v) is 4.46. The molecule has 0 fully saturated rings. The lowest BCUT2D eigenvalue weighted by molar-refractivity contribution is 0.455. The minimum Gasteiger partial charge on any atom is -0.468 e. The Morgan fingerprint density at radius 1 is 0.900 bits per heavy atom. The summed E-state index contributed by atoms with van der Waals surface area (Å²) in [7, 11) is 0. The Balaban J connectivity index is 1.60. The minimum absolute atomic E-state index is 0.249. The van der Waals surface area contributed by atoms with Gasteiger partial charge >= 0.3 is 0 Å². The second-order valence-electron chi connectivity index (χ2n) is 4.46. The summed E-state index contributed by atoms with van der Waals surface area (Å²) in [4.78, 5) is 0. The van der Waals surface area contributed by atoms with Gasteiger partial charge in [0.25, 0.3) is 0 Å². The van der Waals surface area contributed by atoms with Crippen molar-refractivity contribution in [3.63, 3.8) is 0 Å². The van der Waals surface area contributed by atoms with Crippen LogP contribution >= 0.6 is 0 Å². The van der Waals surface area contributed by atoms with Crippen LogP contribution in [0.2, 0.25) is 0 Å². The Morgan fingerprint density at radius 2 is 1.70 bits per heavy atom. The number of furan rings is 2. The van der Waals surface area contributed by atoms with Crippen LogP contribution in [0.4, 0.5) is 4.39 Å². The van der Waals surface area contributed by atoms with Crippen LogP contribution in [0.5, 0.6) is 0 Å². The molecule has 2 aromatic heterocycles. The average molecular weight is 271 g/mol. The maximum Gasteiger partial charge on any atom is 0.134 e. The van der Waals surface area contributed by atoms with Crippen LogP contribution in [0.3, 0.4) is 0 Å². The summed E-state index contributed by atoms with van der Waals surface area (Å²) >= 11 is 0. The van der Waals surface area contributed by atoms with Crippen molar-refractivity contribution >= 4 is 0 Å². The molecule has 0 aliphatic heterocycles. The molecule has 4 heteroatoms. The van der Waals surface area contributed by atoms with E-state index >= 15 is 0 Å². The largest absolute Gasteiger partial charge is 0.468 e. The fourth-order valence-electron chi connectivity index (χ4n) is 1.96. The lowest BCUT2D eigenvalue weighted by Gasteiger charge is -2.00. The first-order valence-corrected chi connectivity index (χ1v) is 6.39. The van der Waals surface area contributed by atoms with Crippen LogP contribution in [-0.2, 0) is 13.1 Å². The SMILES string of the molecule is Fc1ccc(-c2ccc(CNCc3ccco3)o2)cc1.